The number of hydrogen-bond donors (Lipinski definition) is 0. The van der Waals surface area contributed by atoms with Crippen molar-refractivity contribution in [3.05, 3.63) is 12.3 Å². The van der Waals surface area contributed by atoms with E-state index in [-0.39, 0.29) is 0 Å². The molecule has 0 radical (unpaired) electrons. The lowest BCUT2D eigenvalue weighted by atomic mass is 10.7. The monoisotopic (exact) mass is 208 g/mol. The van der Waals surface area contributed by atoms with Crippen LogP contribution in [0.5, 0.6) is 0 Å². The second kappa shape index (κ2) is 3.57. The highest BCUT2D eigenvalue weighted by molar-refractivity contribution is 6.81. The molecule has 76 valence electrons. The van der Waals surface area contributed by atoms with Crippen molar-refractivity contribution in [1.82, 2.24) is 9.13 Å². The fourth-order valence-corrected chi connectivity index (χ4v) is 4.38. The van der Waals surface area contributed by atoms with Gasteiger partial charge >= 0.3 is 0 Å². The first-order valence-electron chi connectivity index (χ1n) is 4.94. The Morgan fingerprint density at radius 1 is 1.21 bits per heavy atom. The van der Waals surface area contributed by atoms with Crippen molar-refractivity contribution in [2.45, 2.75) is 6.55 Å². The van der Waals surface area contributed by atoms with Gasteiger partial charge in [0.1, 0.15) is 0 Å². The zero-order valence-electron chi connectivity index (χ0n) is 8.56. The Morgan fingerprint density at radius 3 is 2.00 bits per heavy atom. The van der Waals surface area contributed by atoms with Crippen LogP contribution in [0, 0.1) is 0 Å². The first-order valence-corrected chi connectivity index (χ1v) is 7.41. The molecule has 0 saturated heterocycles. The van der Waals surface area contributed by atoms with Crippen molar-refractivity contribution in [3.8, 4) is 0 Å². The summed E-state index contributed by atoms with van der Waals surface area (Å²) in [5, 5.41) is 0. The Labute approximate surface area is 85.8 Å². The van der Waals surface area contributed by atoms with E-state index in [1.807, 2.05) is 12.7 Å². The van der Waals surface area contributed by atoms with E-state index in [2.05, 4.69) is 37.9 Å². The van der Waals surface area contributed by atoms with Crippen LogP contribution in [0.25, 0.3) is 0 Å². The third kappa shape index (κ3) is 1.37. The third-order valence-corrected chi connectivity index (χ3v) is 6.71. The van der Waals surface area contributed by atoms with Gasteiger partial charge in [-0.15, -0.1) is 6.58 Å². The summed E-state index contributed by atoms with van der Waals surface area (Å²) in [4.78, 5) is 8.53. The van der Waals surface area contributed by atoms with Gasteiger partial charge in [-0.25, -0.2) is 0 Å². The van der Waals surface area contributed by atoms with Gasteiger partial charge in [0, 0.05) is 13.1 Å². The summed E-state index contributed by atoms with van der Waals surface area (Å²) in [7, 11) is -1.73. The predicted octanol–water partition coefficient (Wildman–Crippen LogP) is 0.471. The van der Waals surface area contributed by atoms with Gasteiger partial charge < -0.3 is 9.13 Å². The lowest BCUT2D eigenvalue weighted by Crippen LogP contribution is -2.60. The van der Waals surface area contributed by atoms with Gasteiger partial charge in [-0.05, 0) is 6.55 Å². The van der Waals surface area contributed by atoms with Crippen LogP contribution in [-0.4, -0.2) is 56.4 Å². The molecule has 5 heteroatoms. The van der Waals surface area contributed by atoms with Crippen molar-refractivity contribution in [1.29, 1.82) is 0 Å². The van der Waals surface area contributed by atoms with Gasteiger partial charge in [0.2, 0.25) is 0 Å². The molecule has 0 spiro atoms. The molecule has 2 aliphatic heterocycles. The normalized spacial score (nSPS) is 20.9. The Morgan fingerprint density at radius 2 is 1.71 bits per heavy atom. The molecule has 4 nitrogen and oxygen atoms in total. The molecule has 0 N–H and O–H groups in total. The fraction of sp³-hybridized carbons (Fsp3) is 0.556. The first-order chi connectivity index (χ1) is 6.77. The van der Waals surface area contributed by atoms with Crippen LogP contribution < -0.4 is 0 Å². The van der Waals surface area contributed by atoms with E-state index in [1.54, 1.807) is 0 Å². The lowest BCUT2D eigenvalue weighted by Gasteiger charge is -2.39. The molecule has 0 aliphatic carbocycles. The summed E-state index contributed by atoms with van der Waals surface area (Å²) < 4.78 is 4.69. The molecule has 0 bridgehead atoms. The van der Waals surface area contributed by atoms with Crippen molar-refractivity contribution in [2.75, 3.05) is 26.2 Å². The van der Waals surface area contributed by atoms with Crippen LogP contribution in [0.15, 0.2) is 22.3 Å². The second-order valence-corrected chi connectivity index (χ2v) is 7.47. The number of hydrogen-bond acceptors (Lipinski definition) is 4. The quantitative estimate of drug-likeness (QED) is 0.631. The molecule has 0 amide bonds. The van der Waals surface area contributed by atoms with E-state index in [1.165, 1.54) is 0 Å². The van der Waals surface area contributed by atoms with E-state index >= 15 is 0 Å². The minimum Gasteiger partial charge on any atom is -0.367 e. The van der Waals surface area contributed by atoms with Crippen molar-refractivity contribution in [2.24, 2.45) is 9.98 Å². The first kappa shape index (κ1) is 9.45. The molecule has 2 rings (SSSR count). The van der Waals surface area contributed by atoms with Crippen molar-refractivity contribution in [3.63, 3.8) is 0 Å². The molecular formula is C9H16N4Si. The molecule has 0 aromatic rings. The fourth-order valence-electron chi connectivity index (χ4n) is 1.84. The largest absolute Gasteiger partial charge is 0.367 e. The van der Waals surface area contributed by atoms with Gasteiger partial charge in [0.15, 0.2) is 0 Å². The number of rotatable bonds is 3. The predicted molar refractivity (Wildman–Crippen MR) is 61.9 cm³/mol. The molecule has 0 fully saturated rings. The van der Waals surface area contributed by atoms with E-state index in [9.17, 15) is 0 Å². The molecule has 0 aromatic heterocycles. The zero-order valence-corrected chi connectivity index (χ0v) is 9.56. The second-order valence-electron chi connectivity index (χ2n) is 3.73. The zero-order chi connectivity index (χ0) is 10.0. The summed E-state index contributed by atoms with van der Waals surface area (Å²) in [5.74, 6) is 0. The van der Waals surface area contributed by atoms with E-state index in [4.69, 9.17) is 0 Å². The minimum absolute atomic E-state index is 0.918. The van der Waals surface area contributed by atoms with Crippen molar-refractivity contribution >= 4 is 21.1 Å². The molecule has 0 unspecified atom stereocenters. The van der Waals surface area contributed by atoms with Crippen LogP contribution in [0.1, 0.15) is 0 Å². The van der Waals surface area contributed by atoms with E-state index < -0.39 is 8.40 Å². The van der Waals surface area contributed by atoms with Gasteiger partial charge in [-0.2, -0.15) is 0 Å². The average molecular weight is 208 g/mol. The van der Waals surface area contributed by atoms with Gasteiger partial charge in [0.25, 0.3) is 8.40 Å². The third-order valence-electron chi connectivity index (χ3n) is 2.93. The summed E-state index contributed by atoms with van der Waals surface area (Å²) >= 11 is 0. The standard InChI is InChI=1S/C9H16N4Si/c1-3-14(2,12-6-4-10-8-12)13-7-5-11-9-13/h3,8-9H,1,4-7H2,2H3. The maximum absolute atomic E-state index is 4.27. The summed E-state index contributed by atoms with van der Waals surface area (Å²) in [6.45, 7) is 10.2. The summed E-state index contributed by atoms with van der Waals surface area (Å²) in [6, 6.07) is 0. The smallest absolute Gasteiger partial charge is 0.288 e. The maximum Gasteiger partial charge on any atom is 0.288 e. The summed E-state index contributed by atoms with van der Waals surface area (Å²) in [6.07, 6.45) is 3.94. The van der Waals surface area contributed by atoms with Crippen LogP contribution in [0.4, 0.5) is 0 Å². The highest BCUT2D eigenvalue weighted by Crippen LogP contribution is 2.18. The molecule has 14 heavy (non-hydrogen) atoms. The average Bonchev–Trinajstić information content (AvgIpc) is 2.88. The topological polar surface area (TPSA) is 31.2 Å². The molecular weight excluding hydrogens is 192 g/mol. The van der Waals surface area contributed by atoms with Crippen LogP contribution in [0.2, 0.25) is 6.55 Å². The summed E-state index contributed by atoms with van der Waals surface area (Å²) in [5.41, 5.74) is 2.10. The molecule has 2 heterocycles. The van der Waals surface area contributed by atoms with Crippen LogP contribution in [0.3, 0.4) is 0 Å². The molecule has 0 saturated carbocycles. The Hall–Kier alpha value is -1.10. The lowest BCUT2D eigenvalue weighted by molar-refractivity contribution is 0.568. The van der Waals surface area contributed by atoms with E-state index in [0.29, 0.717) is 0 Å². The van der Waals surface area contributed by atoms with Gasteiger partial charge in [0.05, 0.1) is 25.8 Å². The molecule has 0 atom stereocenters. The van der Waals surface area contributed by atoms with Gasteiger partial charge in [-0.3, -0.25) is 9.98 Å². The maximum atomic E-state index is 4.27. The minimum atomic E-state index is -1.73. The highest BCUT2D eigenvalue weighted by atomic mass is 28.3. The number of aliphatic imine (C=N–C) groups is 2. The Kier molecular flexibility index (Phi) is 2.41. The molecule has 2 aliphatic rings. The van der Waals surface area contributed by atoms with Crippen molar-refractivity contribution < 1.29 is 0 Å². The SMILES string of the molecule is C=C[Si](C)(N1C=NCC1)N1C=NCC1. The van der Waals surface area contributed by atoms with Crippen LogP contribution in [-0.2, 0) is 0 Å². The Bertz CT molecular complexity index is 265. The highest BCUT2D eigenvalue weighted by Gasteiger charge is 2.38. The van der Waals surface area contributed by atoms with Crippen LogP contribution >= 0.6 is 0 Å². The molecule has 0 aromatic carbocycles. The Balaban J connectivity index is 2.18. The van der Waals surface area contributed by atoms with Gasteiger partial charge in [-0.1, -0.05) is 5.70 Å². The van der Waals surface area contributed by atoms with E-state index in [0.717, 1.165) is 26.2 Å². The number of nitrogens with zero attached hydrogens (tertiary/aromatic N) is 4.